The van der Waals surface area contributed by atoms with Gasteiger partial charge in [-0.3, -0.25) is 0 Å². The Balaban J connectivity index is 2.40. The molecule has 0 heterocycles. The molecule has 0 amide bonds. The van der Waals surface area contributed by atoms with E-state index in [4.69, 9.17) is 12.6 Å². The number of fused-ring (bicyclic) bond motifs is 2. The van der Waals surface area contributed by atoms with E-state index in [-0.39, 0.29) is 4.75 Å². The Labute approximate surface area is 119 Å². The van der Waals surface area contributed by atoms with Crippen LogP contribution in [0.25, 0.3) is 0 Å². The first-order chi connectivity index (χ1) is 8.21. The normalized spacial score (nSPS) is 47.4. The van der Waals surface area contributed by atoms with Crippen molar-refractivity contribution in [2.24, 2.45) is 22.7 Å². The van der Waals surface area contributed by atoms with E-state index < -0.39 is 0 Å². The van der Waals surface area contributed by atoms with Crippen molar-refractivity contribution in [1.82, 2.24) is 0 Å². The summed E-state index contributed by atoms with van der Waals surface area (Å²) in [6.45, 7) is 12.2. The van der Waals surface area contributed by atoms with Gasteiger partial charge in [0, 0.05) is 4.75 Å². The van der Waals surface area contributed by atoms with Crippen LogP contribution < -0.4 is 0 Å². The summed E-state index contributed by atoms with van der Waals surface area (Å²) in [7, 11) is 0. The van der Waals surface area contributed by atoms with Crippen LogP contribution in [0.5, 0.6) is 0 Å². The molecule has 1 saturated carbocycles. The maximum absolute atomic E-state index is 5.05. The summed E-state index contributed by atoms with van der Waals surface area (Å²) in [5.41, 5.74) is 0.890. The largest absolute Gasteiger partial charge is 0.168 e. The lowest BCUT2D eigenvalue weighted by Gasteiger charge is -2.52. The molecule has 4 atom stereocenters. The Hall–Kier alpha value is 0.0900. The summed E-state index contributed by atoms with van der Waals surface area (Å²) < 4.78 is 0.142. The van der Waals surface area contributed by atoms with Gasteiger partial charge < -0.3 is 0 Å². The summed E-state index contributed by atoms with van der Waals surface area (Å²) in [5, 5.41) is 0. The Morgan fingerprint density at radius 3 is 2.50 bits per heavy atom. The lowest BCUT2D eigenvalue weighted by atomic mass is 9.55. The van der Waals surface area contributed by atoms with Crippen molar-refractivity contribution < 1.29 is 0 Å². The number of thiol groups is 1. The minimum atomic E-state index is 0.142. The minimum absolute atomic E-state index is 0.142. The Morgan fingerprint density at radius 1 is 1.22 bits per heavy atom. The molecule has 1 heteroatoms. The van der Waals surface area contributed by atoms with Gasteiger partial charge in [0.05, 0.1) is 0 Å². The zero-order valence-electron chi connectivity index (χ0n) is 12.8. The average molecular weight is 266 g/mol. The third-order valence-corrected chi connectivity index (χ3v) is 6.40. The molecule has 0 saturated heterocycles. The van der Waals surface area contributed by atoms with Crippen LogP contribution in [0.2, 0.25) is 0 Å². The van der Waals surface area contributed by atoms with Crippen LogP contribution in [0.4, 0.5) is 0 Å². The molecule has 2 rings (SSSR count). The van der Waals surface area contributed by atoms with Crippen LogP contribution in [0.1, 0.15) is 66.7 Å². The molecule has 0 aromatic heterocycles. The van der Waals surface area contributed by atoms with E-state index in [0.717, 1.165) is 11.8 Å². The van der Waals surface area contributed by atoms with E-state index in [1.54, 1.807) is 0 Å². The van der Waals surface area contributed by atoms with Gasteiger partial charge in [0.25, 0.3) is 0 Å². The van der Waals surface area contributed by atoms with Crippen LogP contribution in [-0.4, -0.2) is 4.75 Å². The maximum atomic E-state index is 5.05. The van der Waals surface area contributed by atoms with Gasteiger partial charge >= 0.3 is 0 Å². The Morgan fingerprint density at radius 2 is 1.89 bits per heavy atom. The third kappa shape index (κ3) is 2.53. The highest BCUT2D eigenvalue weighted by atomic mass is 32.1. The van der Waals surface area contributed by atoms with Crippen molar-refractivity contribution in [2.45, 2.75) is 71.5 Å². The van der Waals surface area contributed by atoms with Crippen LogP contribution >= 0.6 is 12.6 Å². The molecule has 0 aliphatic heterocycles. The number of rotatable bonds is 1. The summed E-state index contributed by atoms with van der Waals surface area (Å²) in [6.07, 6.45) is 11.2. The van der Waals surface area contributed by atoms with Gasteiger partial charge in [-0.25, -0.2) is 0 Å². The highest BCUT2D eigenvalue weighted by Crippen LogP contribution is 2.56. The number of hydrogen-bond acceptors (Lipinski definition) is 1. The lowest BCUT2D eigenvalue weighted by molar-refractivity contribution is 0.0254. The predicted molar refractivity (Wildman–Crippen MR) is 84.2 cm³/mol. The zero-order chi connectivity index (χ0) is 13.6. The van der Waals surface area contributed by atoms with Gasteiger partial charge in [0.1, 0.15) is 0 Å². The summed E-state index contributed by atoms with van der Waals surface area (Å²) in [6, 6.07) is 0. The van der Waals surface area contributed by atoms with Gasteiger partial charge in [-0.1, -0.05) is 53.2 Å². The Kier molecular flexibility index (Phi) is 3.69. The van der Waals surface area contributed by atoms with Crippen molar-refractivity contribution in [3.05, 3.63) is 12.2 Å². The second-order valence-electron chi connectivity index (χ2n) is 7.95. The van der Waals surface area contributed by atoms with E-state index in [2.05, 4.69) is 46.8 Å². The van der Waals surface area contributed by atoms with Gasteiger partial charge in [-0.05, 0) is 48.3 Å². The molecule has 104 valence electrons. The fourth-order valence-electron chi connectivity index (χ4n) is 4.67. The second kappa shape index (κ2) is 4.58. The quantitative estimate of drug-likeness (QED) is 0.470. The topological polar surface area (TPSA) is 0 Å². The van der Waals surface area contributed by atoms with Crippen molar-refractivity contribution in [2.75, 3.05) is 0 Å². The SMILES string of the molecule is CCC1(C)C(C)CC(C)(C)CC2(S)C=CCC1C2. The third-order valence-electron chi connectivity index (χ3n) is 5.91. The first-order valence-corrected chi connectivity index (χ1v) is 8.06. The number of hydrogen-bond donors (Lipinski definition) is 1. The summed E-state index contributed by atoms with van der Waals surface area (Å²) >= 11 is 5.05. The smallest absolute Gasteiger partial charge is 0.0316 e. The van der Waals surface area contributed by atoms with Gasteiger partial charge in [-0.2, -0.15) is 12.6 Å². The molecule has 0 nitrogen and oxygen atoms in total. The summed E-state index contributed by atoms with van der Waals surface area (Å²) in [4.78, 5) is 0. The first-order valence-electron chi connectivity index (χ1n) is 7.61. The highest BCUT2D eigenvalue weighted by molar-refractivity contribution is 7.82. The predicted octanol–water partition coefficient (Wildman–Crippen LogP) is 5.49. The molecule has 2 aliphatic rings. The molecule has 0 spiro atoms. The van der Waals surface area contributed by atoms with Gasteiger partial charge in [0.15, 0.2) is 0 Å². The van der Waals surface area contributed by atoms with E-state index >= 15 is 0 Å². The fourth-order valence-corrected chi connectivity index (χ4v) is 5.42. The molecule has 18 heavy (non-hydrogen) atoms. The molecular formula is C17H30S. The lowest BCUT2D eigenvalue weighted by Crippen LogP contribution is -2.45. The second-order valence-corrected chi connectivity index (χ2v) is 8.84. The van der Waals surface area contributed by atoms with Crippen LogP contribution in [0.15, 0.2) is 12.2 Å². The Bertz CT molecular complexity index is 344. The molecule has 0 aromatic rings. The first kappa shape index (κ1) is 14.5. The fraction of sp³-hybridized carbons (Fsp3) is 0.882. The molecular weight excluding hydrogens is 236 g/mol. The molecule has 4 unspecified atom stereocenters. The van der Waals surface area contributed by atoms with E-state index in [1.807, 2.05) is 0 Å². The van der Waals surface area contributed by atoms with Gasteiger partial charge in [-0.15, -0.1) is 0 Å². The zero-order valence-corrected chi connectivity index (χ0v) is 13.7. The molecule has 2 aliphatic carbocycles. The molecule has 0 aromatic carbocycles. The molecule has 1 fully saturated rings. The van der Waals surface area contributed by atoms with Crippen molar-refractivity contribution in [3.63, 3.8) is 0 Å². The average Bonchev–Trinajstić information content (AvgIpc) is 2.24. The van der Waals surface area contributed by atoms with E-state index in [9.17, 15) is 0 Å². The van der Waals surface area contributed by atoms with Crippen molar-refractivity contribution in [1.29, 1.82) is 0 Å². The minimum Gasteiger partial charge on any atom is -0.168 e. The van der Waals surface area contributed by atoms with E-state index in [0.29, 0.717) is 10.8 Å². The standard InChI is InChI=1S/C17H30S/c1-6-16(5)13(2)10-15(3,4)12-17(18)9-7-8-14(16)11-17/h7,9,13-14,18H,6,8,10-12H2,1-5H3. The summed E-state index contributed by atoms with van der Waals surface area (Å²) in [5.74, 6) is 1.63. The van der Waals surface area contributed by atoms with Crippen LogP contribution in [0.3, 0.4) is 0 Å². The van der Waals surface area contributed by atoms with E-state index in [1.165, 1.54) is 32.1 Å². The monoisotopic (exact) mass is 266 g/mol. The van der Waals surface area contributed by atoms with Gasteiger partial charge in [0.2, 0.25) is 0 Å². The van der Waals surface area contributed by atoms with Crippen LogP contribution in [-0.2, 0) is 0 Å². The molecule has 2 bridgehead atoms. The van der Waals surface area contributed by atoms with Crippen molar-refractivity contribution >= 4 is 12.6 Å². The van der Waals surface area contributed by atoms with Crippen LogP contribution in [0, 0.1) is 22.7 Å². The number of allylic oxidation sites excluding steroid dienone is 1. The maximum Gasteiger partial charge on any atom is 0.0316 e. The molecule has 0 radical (unpaired) electrons. The molecule has 0 N–H and O–H groups in total. The van der Waals surface area contributed by atoms with Crippen molar-refractivity contribution in [3.8, 4) is 0 Å². The highest BCUT2D eigenvalue weighted by Gasteiger charge is 2.47.